The number of rotatable bonds is 3. The third-order valence-corrected chi connectivity index (χ3v) is 5.03. The number of carbonyl (C=O) groups is 1. The number of amides is 1. The van der Waals surface area contributed by atoms with Crippen molar-refractivity contribution in [2.24, 2.45) is 5.92 Å². The van der Waals surface area contributed by atoms with Gasteiger partial charge in [-0.25, -0.2) is 0 Å². The highest BCUT2D eigenvalue weighted by Crippen LogP contribution is 2.35. The van der Waals surface area contributed by atoms with Gasteiger partial charge in [0.05, 0.1) is 17.7 Å². The summed E-state index contributed by atoms with van der Waals surface area (Å²) in [7, 11) is 3.77. The Bertz CT molecular complexity index is 609. The zero-order valence-electron chi connectivity index (χ0n) is 13.1. The van der Waals surface area contributed by atoms with Crippen molar-refractivity contribution in [1.29, 1.82) is 5.26 Å². The first-order chi connectivity index (χ1) is 10.6. The van der Waals surface area contributed by atoms with Crippen LogP contribution in [0.2, 0.25) is 0 Å². The van der Waals surface area contributed by atoms with Gasteiger partial charge in [0.15, 0.2) is 0 Å². The lowest BCUT2D eigenvalue weighted by Gasteiger charge is -2.25. The molecule has 0 unspecified atom stereocenters. The van der Waals surface area contributed by atoms with E-state index in [4.69, 9.17) is 5.26 Å². The summed E-state index contributed by atoms with van der Waals surface area (Å²) in [5, 5.41) is 11.8. The van der Waals surface area contributed by atoms with Gasteiger partial charge in [-0.05, 0) is 37.1 Å². The predicted octanol–water partition coefficient (Wildman–Crippen LogP) is 0.809. The number of nitrogens with zero attached hydrogens (tertiary/aromatic N) is 3. The van der Waals surface area contributed by atoms with E-state index in [1.165, 1.54) is 5.56 Å². The summed E-state index contributed by atoms with van der Waals surface area (Å²) in [6.45, 7) is 2.89. The summed E-state index contributed by atoms with van der Waals surface area (Å²) in [4.78, 5) is 16.6. The van der Waals surface area contributed by atoms with Crippen LogP contribution in [0.25, 0.3) is 0 Å². The average Bonchev–Trinajstić information content (AvgIpc) is 3.06. The number of likely N-dealkylation sites (tertiary alicyclic amines) is 2. The van der Waals surface area contributed by atoms with Crippen molar-refractivity contribution < 1.29 is 4.79 Å². The molecule has 0 saturated carbocycles. The lowest BCUT2D eigenvalue weighted by atomic mass is 10.0. The summed E-state index contributed by atoms with van der Waals surface area (Å²) < 4.78 is 0. The molecule has 3 rings (SSSR count). The molecule has 1 aromatic rings. The molecule has 116 valence electrons. The molecule has 1 N–H and O–H groups in total. The molecular weight excluding hydrogens is 276 g/mol. The standard InChI is InChI=1S/C17H22N4O/c1-19-17(22)15-7-14-10-21(11-16(14)20(15)2)9-13-5-3-4-12(6-13)8-18/h3-6,14-16H,7,9-11H2,1-2H3,(H,19,22)/t14-,15-,16+/m0/s1. The zero-order valence-corrected chi connectivity index (χ0v) is 13.1. The number of nitriles is 1. The van der Waals surface area contributed by atoms with Crippen molar-refractivity contribution in [1.82, 2.24) is 15.1 Å². The van der Waals surface area contributed by atoms with Crippen molar-refractivity contribution in [3.05, 3.63) is 35.4 Å². The molecule has 3 atom stereocenters. The van der Waals surface area contributed by atoms with Gasteiger partial charge < -0.3 is 5.32 Å². The van der Waals surface area contributed by atoms with Gasteiger partial charge in [-0.15, -0.1) is 0 Å². The monoisotopic (exact) mass is 298 g/mol. The molecule has 0 aliphatic carbocycles. The second-order valence-corrected chi connectivity index (χ2v) is 6.36. The van der Waals surface area contributed by atoms with Gasteiger partial charge in [0.2, 0.25) is 5.91 Å². The normalized spacial score (nSPS) is 28.3. The Hall–Kier alpha value is -1.90. The summed E-state index contributed by atoms with van der Waals surface area (Å²) in [6, 6.07) is 10.5. The molecule has 2 aliphatic heterocycles. The van der Waals surface area contributed by atoms with Crippen molar-refractivity contribution in [3.8, 4) is 6.07 Å². The van der Waals surface area contributed by atoms with E-state index in [1.807, 2.05) is 18.2 Å². The number of hydrogen-bond acceptors (Lipinski definition) is 4. The highest BCUT2D eigenvalue weighted by atomic mass is 16.2. The highest BCUT2D eigenvalue weighted by Gasteiger charge is 2.46. The van der Waals surface area contributed by atoms with Crippen LogP contribution < -0.4 is 5.32 Å². The van der Waals surface area contributed by atoms with Crippen molar-refractivity contribution in [2.75, 3.05) is 27.2 Å². The van der Waals surface area contributed by atoms with Crippen LogP contribution in [0.15, 0.2) is 24.3 Å². The minimum atomic E-state index is 0.0177. The third-order valence-electron chi connectivity index (χ3n) is 5.03. The fourth-order valence-corrected chi connectivity index (χ4v) is 3.90. The molecule has 0 bridgehead atoms. The topological polar surface area (TPSA) is 59.4 Å². The number of likely N-dealkylation sites (N-methyl/N-ethyl adjacent to an activating group) is 2. The number of fused-ring (bicyclic) bond motifs is 1. The molecular formula is C17H22N4O. The maximum absolute atomic E-state index is 11.9. The molecule has 0 radical (unpaired) electrons. The molecule has 0 aromatic heterocycles. The lowest BCUT2D eigenvalue weighted by Crippen LogP contribution is -2.44. The first kappa shape index (κ1) is 15.0. The molecule has 2 saturated heterocycles. The fourth-order valence-electron chi connectivity index (χ4n) is 3.90. The van der Waals surface area contributed by atoms with Gasteiger partial charge in [0, 0.05) is 32.7 Å². The number of carbonyl (C=O) groups excluding carboxylic acids is 1. The van der Waals surface area contributed by atoms with Crippen molar-refractivity contribution >= 4 is 5.91 Å². The lowest BCUT2D eigenvalue weighted by molar-refractivity contribution is -0.125. The average molecular weight is 298 g/mol. The van der Waals surface area contributed by atoms with E-state index in [0.717, 1.165) is 26.1 Å². The van der Waals surface area contributed by atoms with Crippen LogP contribution in [-0.2, 0) is 11.3 Å². The Kier molecular flexibility index (Phi) is 4.14. The van der Waals surface area contributed by atoms with E-state index < -0.39 is 0 Å². The third kappa shape index (κ3) is 2.72. The Morgan fingerprint density at radius 2 is 2.27 bits per heavy atom. The van der Waals surface area contributed by atoms with Gasteiger partial charge in [0.1, 0.15) is 0 Å². The Morgan fingerprint density at radius 3 is 2.95 bits per heavy atom. The van der Waals surface area contributed by atoms with Crippen molar-refractivity contribution in [2.45, 2.75) is 25.0 Å². The van der Waals surface area contributed by atoms with Gasteiger partial charge in [-0.2, -0.15) is 5.26 Å². The van der Waals surface area contributed by atoms with Crippen LogP contribution in [0.4, 0.5) is 0 Å². The Balaban J connectivity index is 1.63. The largest absolute Gasteiger partial charge is 0.358 e. The second-order valence-electron chi connectivity index (χ2n) is 6.36. The van der Waals surface area contributed by atoms with E-state index in [-0.39, 0.29) is 11.9 Å². The van der Waals surface area contributed by atoms with E-state index >= 15 is 0 Å². The molecule has 1 aromatic carbocycles. The van der Waals surface area contributed by atoms with Crippen LogP contribution >= 0.6 is 0 Å². The Labute approximate surface area is 131 Å². The highest BCUT2D eigenvalue weighted by molar-refractivity contribution is 5.81. The smallest absolute Gasteiger partial charge is 0.237 e. The van der Waals surface area contributed by atoms with Crippen LogP contribution in [0, 0.1) is 17.2 Å². The summed E-state index contributed by atoms with van der Waals surface area (Å²) in [5.41, 5.74) is 1.90. The minimum absolute atomic E-state index is 0.0177. The summed E-state index contributed by atoms with van der Waals surface area (Å²) in [5.74, 6) is 0.691. The van der Waals surface area contributed by atoms with Crippen LogP contribution in [0.1, 0.15) is 17.5 Å². The van der Waals surface area contributed by atoms with Gasteiger partial charge in [-0.1, -0.05) is 12.1 Å². The fraction of sp³-hybridized carbons (Fsp3) is 0.529. The van der Waals surface area contributed by atoms with Crippen LogP contribution in [0.3, 0.4) is 0 Å². The minimum Gasteiger partial charge on any atom is -0.358 e. The van der Waals surface area contributed by atoms with Gasteiger partial charge in [-0.3, -0.25) is 14.6 Å². The molecule has 1 amide bonds. The first-order valence-corrected chi connectivity index (χ1v) is 7.77. The SMILES string of the molecule is CNC(=O)[C@@H]1C[C@H]2CN(Cc3cccc(C#N)c3)C[C@H]2N1C. The maximum Gasteiger partial charge on any atom is 0.237 e. The van der Waals surface area contributed by atoms with E-state index in [2.05, 4.69) is 34.3 Å². The molecule has 5 heteroatoms. The molecule has 22 heavy (non-hydrogen) atoms. The quantitative estimate of drug-likeness (QED) is 0.897. The zero-order chi connectivity index (χ0) is 15.7. The predicted molar refractivity (Wildman–Crippen MR) is 83.9 cm³/mol. The summed E-state index contributed by atoms with van der Waals surface area (Å²) >= 11 is 0. The number of nitrogens with one attached hydrogen (secondary N) is 1. The molecule has 5 nitrogen and oxygen atoms in total. The second kappa shape index (κ2) is 6.07. The first-order valence-electron chi connectivity index (χ1n) is 7.77. The van der Waals surface area contributed by atoms with Gasteiger partial charge >= 0.3 is 0 Å². The van der Waals surface area contributed by atoms with E-state index in [9.17, 15) is 4.79 Å². The van der Waals surface area contributed by atoms with Gasteiger partial charge in [0.25, 0.3) is 0 Å². The van der Waals surface area contributed by atoms with Crippen LogP contribution in [0.5, 0.6) is 0 Å². The molecule has 2 fully saturated rings. The summed E-state index contributed by atoms with van der Waals surface area (Å²) in [6.07, 6.45) is 0.940. The molecule has 2 heterocycles. The Morgan fingerprint density at radius 1 is 1.45 bits per heavy atom. The molecule has 0 spiro atoms. The number of benzene rings is 1. The van der Waals surface area contributed by atoms with E-state index in [1.54, 1.807) is 7.05 Å². The van der Waals surface area contributed by atoms with Crippen molar-refractivity contribution in [3.63, 3.8) is 0 Å². The van der Waals surface area contributed by atoms with E-state index in [0.29, 0.717) is 17.5 Å². The number of hydrogen-bond donors (Lipinski definition) is 1. The maximum atomic E-state index is 11.9. The van der Waals surface area contributed by atoms with Crippen LogP contribution in [-0.4, -0.2) is 55.0 Å². The molecule has 2 aliphatic rings.